The first-order valence-corrected chi connectivity index (χ1v) is 10.2. The molecule has 0 spiro atoms. The minimum atomic E-state index is -1.12. The standard InChI is InChI=1S/C20H20N8O4/c1-9(29)20-6-10(20)14(15(30)16(20)31)27-8-22-13-17(21-2)23-19(24-18(13)27)28-7-11(25-26-28)12-4-3-5-32-12/h3-5,7-8,10,14-16,30-31H,6H2,1-2H3,(H,21,23,24)/t10?,14-,15+,16?,20+/m1/s1. The summed E-state index contributed by atoms with van der Waals surface area (Å²) < 4.78 is 8.51. The Hall–Kier alpha value is -3.64. The summed E-state index contributed by atoms with van der Waals surface area (Å²) >= 11 is 0. The van der Waals surface area contributed by atoms with Crippen LogP contribution in [0.25, 0.3) is 28.6 Å². The Balaban J connectivity index is 1.46. The van der Waals surface area contributed by atoms with Crippen molar-refractivity contribution >= 4 is 22.8 Å². The van der Waals surface area contributed by atoms with Crippen LogP contribution in [0.15, 0.2) is 35.3 Å². The molecule has 2 fully saturated rings. The molecule has 4 heterocycles. The first-order valence-electron chi connectivity index (χ1n) is 10.2. The number of nitrogens with zero attached hydrogens (tertiary/aromatic N) is 7. The Labute approximate surface area is 180 Å². The van der Waals surface area contributed by atoms with Crippen LogP contribution in [0, 0.1) is 11.3 Å². The van der Waals surface area contributed by atoms with Crippen LogP contribution >= 0.6 is 0 Å². The molecule has 5 atom stereocenters. The van der Waals surface area contributed by atoms with Gasteiger partial charge in [-0.2, -0.15) is 14.6 Å². The Morgan fingerprint density at radius 2 is 2.19 bits per heavy atom. The summed E-state index contributed by atoms with van der Waals surface area (Å²) in [6, 6.07) is 3.01. The fraction of sp³-hybridized carbons (Fsp3) is 0.400. The van der Waals surface area contributed by atoms with Gasteiger partial charge < -0.3 is 24.5 Å². The maximum Gasteiger partial charge on any atom is 0.256 e. The van der Waals surface area contributed by atoms with Gasteiger partial charge in [0.15, 0.2) is 22.7 Å². The lowest BCUT2D eigenvalue weighted by molar-refractivity contribution is -0.128. The van der Waals surface area contributed by atoms with E-state index in [0.29, 0.717) is 34.9 Å². The van der Waals surface area contributed by atoms with Crippen LogP contribution in [0.2, 0.25) is 0 Å². The SMILES string of the molecule is CNc1nc(-n2cc(-c3ccco3)nn2)nc2c1ncn2[C@@H]1C2C[C@@]2(C(C)=O)C(O)[C@H]1O. The van der Waals surface area contributed by atoms with Gasteiger partial charge in [-0.25, -0.2) is 4.98 Å². The van der Waals surface area contributed by atoms with Crippen LogP contribution in [-0.4, -0.2) is 69.8 Å². The lowest BCUT2D eigenvalue weighted by Gasteiger charge is -2.23. The number of furan rings is 1. The van der Waals surface area contributed by atoms with E-state index in [-0.39, 0.29) is 17.6 Å². The van der Waals surface area contributed by atoms with E-state index in [1.807, 2.05) is 0 Å². The summed E-state index contributed by atoms with van der Waals surface area (Å²) in [5, 5.41) is 32.6. The molecule has 2 saturated carbocycles. The number of carbonyl (C=O) groups excluding carboxylic acids is 1. The zero-order valence-corrected chi connectivity index (χ0v) is 17.2. The number of hydrogen-bond acceptors (Lipinski definition) is 10. The van der Waals surface area contributed by atoms with Crippen molar-refractivity contribution in [1.29, 1.82) is 0 Å². The van der Waals surface area contributed by atoms with Gasteiger partial charge >= 0.3 is 0 Å². The smallest absolute Gasteiger partial charge is 0.256 e. The normalized spacial score (nSPS) is 28.8. The molecule has 0 aliphatic heterocycles. The van der Waals surface area contributed by atoms with Crippen LogP contribution < -0.4 is 5.32 Å². The van der Waals surface area contributed by atoms with Gasteiger partial charge in [0.2, 0.25) is 0 Å². The molecule has 0 saturated heterocycles. The number of Topliss-reactive ketones (excluding diaryl/α,β-unsaturated/α-hetero) is 1. The van der Waals surface area contributed by atoms with Crippen LogP contribution in [0.1, 0.15) is 19.4 Å². The zero-order valence-electron chi connectivity index (χ0n) is 17.2. The van der Waals surface area contributed by atoms with Crippen LogP contribution in [0.3, 0.4) is 0 Å². The van der Waals surface area contributed by atoms with Gasteiger partial charge in [-0.3, -0.25) is 4.79 Å². The number of imidazole rings is 1. The monoisotopic (exact) mass is 436 g/mol. The minimum absolute atomic E-state index is 0.111. The number of nitrogens with one attached hydrogen (secondary N) is 1. The van der Waals surface area contributed by atoms with Crippen molar-refractivity contribution in [2.24, 2.45) is 11.3 Å². The average Bonchev–Trinajstić information content (AvgIpc) is 3.26. The number of aliphatic hydroxyl groups is 2. The van der Waals surface area contributed by atoms with Crippen molar-refractivity contribution in [2.45, 2.75) is 31.6 Å². The molecule has 2 unspecified atom stereocenters. The molecule has 4 aromatic rings. The largest absolute Gasteiger partial charge is 0.463 e. The molecule has 0 amide bonds. The number of hydrogen-bond donors (Lipinski definition) is 3. The summed E-state index contributed by atoms with van der Waals surface area (Å²) in [4.78, 5) is 25.8. The molecule has 12 heteroatoms. The van der Waals surface area contributed by atoms with E-state index in [1.165, 1.54) is 11.6 Å². The predicted octanol–water partition coefficient (Wildman–Crippen LogP) is 0.580. The van der Waals surface area contributed by atoms with E-state index in [4.69, 9.17) is 4.42 Å². The summed E-state index contributed by atoms with van der Waals surface area (Å²) in [7, 11) is 1.72. The molecule has 4 aromatic heterocycles. The van der Waals surface area contributed by atoms with Gasteiger partial charge in [0.1, 0.15) is 17.6 Å². The predicted molar refractivity (Wildman–Crippen MR) is 110 cm³/mol. The highest BCUT2D eigenvalue weighted by Gasteiger charge is 2.74. The number of carbonyl (C=O) groups is 1. The van der Waals surface area contributed by atoms with Gasteiger partial charge in [0, 0.05) is 7.05 Å². The number of aliphatic hydroxyl groups excluding tert-OH is 2. The Kier molecular flexibility index (Phi) is 3.84. The zero-order chi connectivity index (χ0) is 22.2. The highest BCUT2D eigenvalue weighted by atomic mass is 16.3. The highest BCUT2D eigenvalue weighted by Crippen LogP contribution is 2.68. The molecule has 12 nitrogen and oxygen atoms in total. The molecule has 0 aromatic carbocycles. The minimum Gasteiger partial charge on any atom is -0.463 e. The van der Waals surface area contributed by atoms with Gasteiger partial charge in [0.25, 0.3) is 5.95 Å². The topological polar surface area (TPSA) is 157 Å². The second kappa shape index (κ2) is 6.43. The third-order valence-electron chi connectivity index (χ3n) is 6.77. The Bertz CT molecular complexity index is 1350. The Morgan fingerprint density at radius 3 is 2.88 bits per heavy atom. The molecular weight excluding hydrogens is 416 g/mol. The molecule has 0 bridgehead atoms. The van der Waals surface area contributed by atoms with Gasteiger partial charge in [0.05, 0.1) is 36.3 Å². The number of aromatic nitrogens is 7. The summed E-state index contributed by atoms with van der Waals surface area (Å²) in [5.41, 5.74) is 0.589. The van der Waals surface area contributed by atoms with Crippen molar-refractivity contribution in [2.75, 3.05) is 12.4 Å². The van der Waals surface area contributed by atoms with E-state index in [2.05, 4.69) is 30.6 Å². The molecule has 3 N–H and O–H groups in total. The van der Waals surface area contributed by atoms with Crippen molar-refractivity contribution in [3.63, 3.8) is 0 Å². The van der Waals surface area contributed by atoms with E-state index in [9.17, 15) is 15.0 Å². The summed E-state index contributed by atoms with van der Waals surface area (Å²) in [6.07, 6.45) is 3.06. The first kappa shape index (κ1) is 19.1. The van der Waals surface area contributed by atoms with Crippen molar-refractivity contribution in [1.82, 2.24) is 34.5 Å². The van der Waals surface area contributed by atoms with Crippen molar-refractivity contribution in [3.8, 4) is 17.4 Å². The lowest BCUT2D eigenvalue weighted by atomic mass is 9.95. The van der Waals surface area contributed by atoms with Gasteiger partial charge in [-0.1, -0.05) is 5.21 Å². The average molecular weight is 436 g/mol. The fourth-order valence-electron chi connectivity index (χ4n) is 5.07. The molecule has 2 aliphatic rings. The van der Waals surface area contributed by atoms with Gasteiger partial charge in [-0.05, 0) is 31.4 Å². The molecular formula is C20H20N8O4. The van der Waals surface area contributed by atoms with E-state index >= 15 is 0 Å². The summed E-state index contributed by atoms with van der Waals surface area (Å²) in [5.74, 6) is 0.987. The molecule has 32 heavy (non-hydrogen) atoms. The fourth-order valence-corrected chi connectivity index (χ4v) is 5.07. The Morgan fingerprint density at radius 1 is 1.34 bits per heavy atom. The number of ketones is 1. The maximum absolute atomic E-state index is 12.2. The highest BCUT2D eigenvalue weighted by molar-refractivity contribution is 5.88. The molecule has 164 valence electrons. The summed E-state index contributed by atoms with van der Waals surface area (Å²) in [6.45, 7) is 1.46. The molecule has 2 aliphatic carbocycles. The lowest BCUT2D eigenvalue weighted by Crippen LogP contribution is -2.36. The number of anilines is 1. The van der Waals surface area contributed by atoms with Crippen molar-refractivity contribution in [3.05, 3.63) is 30.9 Å². The van der Waals surface area contributed by atoms with Crippen LogP contribution in [-0.2, 0) is 4.79 Å². The molecule has 0 radical (unpaired) electrons. The van der Waals surface area contributed by atoms with Crippen molar-refractivity contribution < 1.29 is 19.4 Å². The van der Waals surface area contributed by atoms with Crippen LogP contribution in [0.4, 0.5) is 5.82 Å². The molecule has 6 rings (SSSR count). The first-order chi connectivity index (χ1) is 15.5. The maximum atomic E-state index is 12.2. The number of rotatable bonds is 5. The number of fused-ring (bicyclic) bond motifs is 2. The second-order valence-corrected chi connectivity index (χ2v) is 8.31. The van der Waals surface area contributed by atoms with Crippen LogP contribution in [0.5, 0.6) is 0 Å². The third-order valence-corrected chi connectivity index (χ3v) is 6.77. The second-order valence-electron chi connectivity index (χ2n) is 8.31. The quantitative estimate of drug-likeness (QED) is 0.404. The van der Waals surface area contributed by atoms with E-state index < -0.39 is 23.7 Å². The van der Waals surface area contributed by atoms with E-state index in [1.54, 1.807) is 42.5 Å². The third kappa shape index (κ3) is 2.38. The van der Waals surface area contributed by atoms with E-state index in [0.717, 1.165) is 0 Å². The van der Waals surface area contributed by atoms with Gasteiger partial charge in [-0.15, -0.1) is 5.10 Å².